The molecule has 3 aliphatic rings. The molecule has 15 heteroatoms. The quantitative estimate of drug-likeness (QED) is 0.136. The maximum absolute atomic E-state index is 15.5. The van der Waals surface area contributed by atoms with Gasteiger partial charge in [-0.2, -0.15) is 0 Å². The second-order valence-corrected chi connectivity index (χ2v) is 18.2. The highest BCUT2D eigenvalue weighted by Crippen LogP contribution is 2.39. The standard InChI is InChI=1S/C53H57F2N7O6/c1-32-22-35-8-6-7-9-37(35)31-61(32)52(65)44-24-39-30-60(51(64)26-38-25-46(55)49(28-45(38)54)68-21-18-59-16-19-67-20-17-59)15-14-36(39)23-43(44)48-27-42(33(2)57(48)4)53(66)62(40-10-12-41(63)13-11-40)47-29-50(56)58(5)34(47)3/h6-13,23-25,27-29,32,63H,14-22,26,30-31,56H2,1-5H3/t32-/m1/s1. The molecule has 0 unspecified atom stereocenters. The van der Waals surface area contributed by atoms with Gasteiger partial charge >= 0.3 is 0 Å². The molecule has 9 rings (SSSR count). The summed E-state index contributed by atoms with van der Waals surface area (Å²) in [7, 11) is 3.70. The minimum absolute atomic E-state index is 0.0583. The molecule has 2 aromatic heterocycles. The van der Waals surface area contributed by atoms with Gasteiger partial charge in [0, 0.05) is 111 Å². The van der Waals surface area contributed by atoms with E-state index in [1.165, 1.54) is 17.7 Å². The molecular weight excluding hydrogens is 869 g/mol. The Hall–Kier alpha value is -6.97. The predicted octanol–water partition coefficient (Wildman–Crippen LogP) is 7.62. The van der Waals surface area contributed by atoms with Crippen molar-refractivity contribution in [3.05, 3.63) is 147 Å². The zero-order valence-corrected chi connectivity index (χ0v) is 39.2. The number of nitrogens with zero attached hydrogens (tertiary/aromatic N) is 6. The Labute approximate surface area is 394 Å². The molecule has 0 bridgehead atoms. The molecule has 354 valence electrons. The van der Waals surface area contributed by atoms with Gasteiger partial charge in [-0.15, -0.1) is 0 Å². The lowest BCUT2D eigenvalue weighted by Gasteiger charge is -2.36. The van der Waals surface area contributed by atoms with E-state index >= 15 is 13.6 Å². The van der Waals surface area contributed by atoms with Crippen molar-refractivity contribution in [1.29, 1.82) is 0 Å². The number of aromatic nitrogens is 2. The van der Waals surface area contributed by atoms with Crippen molar-refractivity contribution in [2.45, 2.75) is 59.2 Å². The molecular formula is C53H57F2N7O6. The summed E-state index contributed by atoms with van der Waals surface area (Å²) >= 11 is 0. The van der Waals surface area contributed by atoms with Crippen molar-refractivity contribution in [2.75, 3.05) is 56.6 Å². The number of phenols is 1. The van der Waals surface area contributed by atoms with Crippen LogP contribution in [0.25, 0.3) is 11.3 Å². The maximum Gasteiger partial charge on any atom is 0.264 e. The lowest BCUT2D eigenvalue weighted by Crippen LogP contribution is -2.43. The van der Waals surface area contributed by atoms with Gasteiger partial charge in [0.15, 0.2) is 11.6 Å². The number of nitrogen functional groups attached to an aromatic ring is 1. The Morgan fingerprint density at radius 3 is 2.28 bits per heavy atom. The number of carbonyl (C=O) groups is 3. The van der Waals surface area contributed by atoms with Crippen LogP contribution >= 0.6 is 0 Å². The van der Waals surface area contributed by atoms with Crippen molar-refractivity contribution < 1.29 is 37.7 Å². The third kappa shape index (κ3) is 8.95. The number of halogens is 2. The van der Waals surface area contributed by atoms with E-state index in [2.05, 4.69) is 11.0 Å². The molecule has 0 saturated carbocycles. The van der Waals surface area contributed by atoms with Crippen LogP contribution in [-0.4, -0.2) is 98.7 Å². The molecule has 0 aliphatic carbocycles. The first-order valence-corrected chi connectivity index (χ1v) is 23.1. The van der Waals surface area contributed by atoms with Gasteiger partial charge in [-0.05, 0) is 104 Å². The summed E-state index contributed by atoms with van der Waals surface area (Å²) in [5, 5.41) is 10.2. The van der Waals surface area contributed by atoms with E-state index < -0.39 is 11.6 Å². The number of phenolic OH excluding ortho intramolecular Hbond substituents is 1. The van der Waals surface area contributed by atoms with E-state index in [1.807, 2.05) is 80.7 Å². The Kier molecular flexibility index (Phi) is 12.9. The van der Waals surface area contributed by atoms with E-state index in [-0.39, 0.29) is 60.4 Å². The SMILES string of the molecule is Cc1c(N(C(=O)c2cc(-c3cc4c(cc3C(=O)N3Cc5ccccc5C[C@H]3C)CN(C(=O)Cc3cc(F)c(OCCN5CCOCC5)cc3F)CC4)n(C)c2C)c2ccc(O)cc2)cc(N)n1C. The Bertz CT molecular complexity index is 2920. The minimum Gasteiger partial charge on any atom is -0.508 e. The van der Waals surface area contributed by atoms with Gasteiger partial charge in [-0.1, -0.05) is 24.3 Å². The summed E-state index contributed by atoms with van der Waals surface area (Å²) in [4.78, 5) is 51.3. The van der Waals surface area contributed by atoms with Crippen LogP contribution in [-0.2, 0) is 56.0 Å². The van der Waals surface area contributed by atoms with Crippen LogP contribution in [0.4, 0.5) is 26.0 Å². The van der Waals surface area contributed by atoms with Crippen molar-refractivity contribution >= 4 is 34.9 Å². The highest BCUT2D eigenvalue weighted by atomic mass is 19.1. The monoisotopic (exact) mass is 925 g/mol. The smallest absolute Gasteiger partial charge is 0.264 e. The fourth-order valence-electron chi connectivity index (χ4n) is 9.71. The molecule has 3 aliphatic heterocycles. The predicted molar refractivity (Wildman–Crippen MR) is 256 cm³/mol. The summed E-state index contributed by atoms with van der Waals surface area (Å²) in [5.41, 5.74) is 14.9. The van der Waals surface area contributed by atoms with E-state index in [4.69, 9.17) is 15.2 Å². The number of morpholine rings is 1. The number of fused-ring (bicyclic) bond motifs is 2. The van der Waals surface area contributed by atoms with Crippen molar-refractivity contribution in [1.82, 2.24) is 23.8 Å². The van der Waals surface area contributed by atoms with Crippen LogP contribution in [0.1, 0.15) is 66.8 Å². The fraction of sp³-hybridized carbons (Fsp3) is 0.340. The summed E-state index contributed by atoms with van der Waals surface area (Å²) in [6.45, 7) is 10.2. The van der Waals surface area contributed by atoms with E-state index in [0.717, 1.165) is 47.6 Å². The topological polar surface area (TPSA) is 139 Å². The van der Waals surface area contributed by atoms with E-state index in [1.54, 1.807) is 32.6 Å². The molecule has 4 aromatic carbocycles. The third-order valence-electron chi connectivity index (χ3n) is 14.1. The van der Waals surface area contributed by atoms with Gasteiger partial charge in [0.25, 0.3) is 11.8 Å². The van der Waals surface area contributed by atoms with Gasteiger partial charge in [0.2, 0.25) is 5.91 Å². The highest BCUT2D eigenvalue weighted by Gasteiger charge is 2.34. The largest absolute Gasteiger partial charge is 0.508 e. The first-order chi connectivity index (χ1) is 32.7. The maximum atomic E-state index is 15.5. The molecule has 6 aromatic rings. The number of anilines is 3. The summed E-state index contributed by atoms with van der Waals surface area (Å²) < 4.78 is 45.4. The molecule has 13 nitrogen and oxygen atoms in total. The summed E-state index contributed by atoms with van der Waals surface area (Å²) in [5.74, 6) is -2.02. The average molecular weight is 926 g/mol. The number of rotatable bonds is 11. The van der Waals surface area contributed by atoms with Crippen molar-refractivity contribution in [3.63, 3.8) is 0 Å². The van der Waals surface area contributed by atoms with Gasteiger partial charge in [0.1, 0.15) is 24.0 Å². The summed E-state index contributed by atoms with van der Waals surface area (Å²) in [6, 6.07) is 23.9. The molecule has 1 saturated heterocycles. The van der Waals surface area contributed by atoms with Gasteiger partial charge in [-0.3, -0.25) is 24.2 Å². The van der Waals surface area contributed by atoms with Gasteiger partial charge < -0.3 is 39.2 Å². The second-order valence-electron chi connectivity index (χ2n) is 18.2. The normalized spacial score (nSPS) is 16.1. The highest BCUT2D eigenvalue weighted by molar-refractivity contribution is 6.13. The molecule has 5 heterocycles. The molecule has 68 heavy (non-hydrogen) atoms. The molecule has 3 N–H and O–H groups in total. The van der Waals surface area contributed by atoms with Crippen LogP contribution in [0.3, 0.4) is 0 Å². The van der Waals surface area contributed by atoms with Crippen molar-refractivity contribution in [3.8, 4) is 22.8 Å². The average Bonchev–Trinajstić information content (AvgIpc) is 3.77. The van der Waals surface area contributed by atoms with E-state index in [9.17, 15) is 14.7 Å². The lowest BCUT2D eigenvalue weighted by molar-refractivity contribution is -0.131. The van der Waals surface area contributed by atoms with E-state index in [0.29, 0.717) is 91.0 Å². The Morgan fingerprint density at radius 2 is 1.56 bits per heavy atom. The number of amides is 3. The van der Waals surface area contributed by atoms with Crippen LogP contribution in [0.5, 0.6) is 11.5 Å². The van der Waals surface area contributed by atoms with Crippen LogP contribution < -0.4 is 15.4 Å². The fourth-order valence-corrected chi connectivity index (χ4v) is 9.71. The molecule has 1 fully saturated rings. The number of hydrogen-bond donors (Lipinski definition) is 2. The third-order valence-corrected chi connectivity index (χ3v) is 14.1. The molecule has 0 radical (unpaired) electrons. The zero-order valence-electron chi connectivity index (χ0n) is 39.2. The first kappa shape index (κ1) is 46.2. The van der Waals surface area contributed by atoms with Crippen molar-refractivity contribution in [2.24, 2.45) is 14.1 Å². The minimum atomic E-state index is -0.737. The second kappa shape index (κ2) is 19.0. The molecule has 1 atom stereocenters. The summed E-state index contributed by atoms with van der Waals surface area (Å²) in [6.07, 6.45) is 0.777. The Balaban J connectivity index is 1.03. The number of ether oxygens (including phenoxy) is 2. The van der Waals surface area contributed by atoms with Crippen LogP contribution in [0.15, 0.2) is 84.9 Å². The number of benzene rings is 4. The first-order valence-electron chi connectivity index (χ1n) is 23.1. The lowest BCUT2D eigenvalue weighted by atomic mass is 9.89. The zero-order chi connectivity index (χ0) is 48.0. The Morgan fingerprint density at radius 1 is 0.824 bits per heavy atom. The van der Waals surface area contributed by atoms with Gasteiger partial charge in [-0.25, -0.2) is 8.78 Å². The number of hydrogen-bond acceptors (Lipinski definition) is 8. The molecule has 3 amide bonds. The van der Waals surface area contributed by atoms with Crippen LogP contribution in [0.2, 0.25) is 0 Å². The number of aromatic hydroxyl groups is 1. The molecule has 0 spiro atoms. The number of nitrogens with two attached hydrogens (primary N) is 1. The van der Waals surface area contributed by atoms with Gasteiger partial charge in [0.05, 0.1) is 30.9 Å². The van der Waals surface area contributed by atoms with Crippen LogP contribution in [0, 0.1) is 25.5 Å². The number of carbonyl (C=O) groups excluding carboxylic acids is 3.